The van der Waals surface area contributed by atoms with Crippen molar-refractivity contribution in [2.75, 3.05) is 0 Å². The van der Waals surface area contributed by atoms with Crippen LogP contribution in [0, 0.1) is 0 Å². The van der Waals surface area contributed by atoms with E-state index in [0.717, 1.165) is 52.9 Å². The van der Waals surface area contributed by atoms with Crippen molar-refractivity contribution in [2.45, 2.75) is 40.0 Å². The van der Waals surface area contributed by atoms with E-state index in [2.05, 4.69) is 187 Å². The lowest BCUT2D eigenvalue weighted by molar-refractivity contribution is 0.911. The van der Waals surface area contributed by atoms with Gasteiger partial charge in [0.1, 0.15) is 0 Å². The molecule has 0 saturated carbocycles. The summed E-state index contributed by atoms with van der Waals surface area (Å²) in [5.74, 6) is 0. The van der Waals surface area contributed by atoms with Crippen molar-refractivity contribution in [2.24, 2.45) is 0 Å². The second-order valence-corrected chi connectivity index (χ2v) is 14.1. The predicted octanol–water partition coefficient (Wildman–Crippen LogP) is 15.0. The average Bonchev–Trinajstić information content (AvgIpc) is 3.78. The Labute approximate surface area is 331 Å². The molecule has 0 N–H and O–H groups in total. The van der Waals surface area contributed by atoms with E-state index in [1.807, 2.05) is 26.8 Å². The normalized spacial score (nSPS) is 16.8. The van der Waals surface area contributed by atoms with Gasteiger partial charge in [-0.15, -0.1) is 0 Å². The van der Waals surface area contributed by atoms with Gasteiger partial charge in [-0.05, 0) is 107 Å². The molecule has 2 heterocycles. The first-order valence-electron chi connectivity index (χ1n) is 19.8. The maximum Gasteiger partial charge on any atom is 0.0547 e. The smallest absolute Gasteiger partial charge is 0.0547 e. The molecule has 9 rings (SSSR count). The van der Waals surface area contributed by atoms with Crippen LogP contribution in [0.25, 0.3) is 72.1 Å². The Kier molecular flexibility index (Phi) is 10.1. The van der Waals surface area contributed by atoms with Gasteiger partial charge in [0.25, 0.3) is 0 Å². The molecule has 2 aromatic heterocycles. The first-order chi connectivity index (χ1) is 27.6. The highest BCUT2D eigenvalue weighted by Crippen LogP contribution is 2.42. The highest BCUT2D eigenvalue weighted by Gasteiger charge is 2.23. The van der Waals surface area contributed by atoms with Gasteiger partial charge in [0.2, 0.25) is 0 Å². The number of rotatable bonds is 6. The average molecular weight is 725 g/mol. The topological polar surface area (TPSA) is 9.86 Å². The van der Waals surface area contributed by atoms with Crippen LogP contribution in [0.2, 0.25) is 0 Å². The molecule has 2 heteroatoms. The zero-order chi connectivity index (χ0) is 38.8. The van der Waals surface area contributed by atoms with Crippen LogP contribution >= 0.6 is 0 Å². The van der Waals surface area contributed by atoms with Crippen molar-refractivity contribution in [3.8, 4) is 5.69 Å². The first-order valence-corrected chi connectivity index (χ1v) is 19.8. The van der Waals surface area contributed by atoms with E-state index in [1.54, 1.807) is 0 Å². The largest absolute Gasteiger partial charge is 0.313 e. The Morgan fingerprint density at radius 2 is 1.43 bits per heavy atom. The van der Waals surface area contributed by atoms with Gasteiger partial charge >= 0.3 is 0 Å². The lowest BCUT2D eigenvalue weighted by Gasteiger charge is -2.19. The van der Waals surface area contributed by atoms with Gasteiger partial charge in [0, 0.05) is 38.5 Å². The van der Waals surface area contributed by atoms with E-state index >= 15 is 0 Å². The van der Waals surface area contributed by atoms with Crippen molar-refractivity contribution < 1.29 is 0 Å². The Morgan fingerprint density at radius 3 is 2.21 bits per heavy atom. The molecule has 0 bridgehead atoms. The maximum absolute atomic E-state index is 4.49. The van der Waals surface area contributed by atoms with Crippen LogP contribution < -0.4 is 0 Å². The molecule has 2 aliphatic rings. The van der Waals surface area contributed by atoms with E-state index in [9.17, 15) is 0 Å². The molecular formula is C54H48N2. The Morgan fingerprint density at radius 1 is 0.714 bits per heavy atom. The Bertz CT molecular complexity index is 2900. The summed E-state index contributed by atoms with van der Waals surface area (Å²) in [6.45, 7) is 19.1. The molecule has 274 valence electrons. The van der Waals surface area contributed by atoms with Crippen molar-refractivity contribution in [3.63, 3.8) is 0 Å². The quantitative estimate of drug-likeness (QED) is 0.151. The van der Waals surface area contributed by atoms with Crippen LogP contribution in [-0.2, 0) is 6.42 Å². The number of hydrogen-bond acceptors (Lipinski definition) is 0. The van der Waals surface area contributed by atoms with Crippen molar-refractivity contribution in [3.05, 3.63) is 211 Å². The first kappa shape index (κ1) is 36.3. The molecule has 0 unspecified atom stereocenters. The second-order valence-electron chi connectivity index (χ2n) is 14.1. The van der Waals surface area contributed by atoms with Crippen molar-refractivity contribution in [1.29, 1.82) is 0 Å². The fourth-order valence-corrected chi connectivity index (χ4v) is 8.48. The van der Waals surface area contributed by atoms with Gasteiger partial charge < -0.3 is 9.13 Å². The molecule has 5 aromatic carbocycles. The van der Waals surface area contributed by atoms with Crippen LogP contribution in [0.5, 0.6) is 0 Å². The zero-order valence-electron chi connectivity index (χ0n) is 32.7. The van der Waals surface area contributed by atoms with Gasteiger partial charge in [-0.2, -0.15) is 0 Å². The van der Waals surface area contributed by atoms with E-state index in [1.165, 1.54) is 65.9 Å². The third-order valence-corrected chi connectivity index (χ3v) is 11.1. The highest BCUT2D eigenvalue weighted by molar-refractivity contribution is 6.12. The third-order valence-electron chi connectivity index (χ3n) is 11.1. The zero-order valence-corrected chi connectivity index (χ0v) is 32.7. The van der Waals surface area contributed by atoms with Crippen molar-refractivity contribution in [1.82, 2.24) is 9.13 Å². The number of fused-ring (bicyclic) bond motifs is 7. The fraction of sp³-hybridized carbons (Fsp3) is 0.111. The summed E-state index contributed by atoms with van der Waals surface area (Å²) in [4.78, 5) is 0. The molecule has 0 radical (unpaired) electrons. The summed E-state index contributed by atoms with van der Waals surface area (Å²) in [6.07, 6.45) is 24.2. The highest BCUT2D eigenvalue weighted by atomic mass is 15.0. The summed E-state index contributed by atoms with van der Waals surface area (Å²) in [5, 5.41) is 6.16. The minimum atomic E-state index is 0.872. The minimum absolute atomic E-state index is 0.872. The van der Waals surface area contributed by atoms with Crippen LogP contribution in [0.4, 0.5) is 0 Å². The molecule has 0 fully saturated rings. The number of nitrogens with zero attached hydrogens (tertiary/aromatic N) is 2. The van der Waals surface area contributed by atoms with Gasteiger partial charge in [-0.25, -0.2) is 0 Å². The fourth-order valence-electron chi connectivity index (χ4n) is 8.48. The molecule has 7 aromatic rings. The van der Waals surface area contributed by atoms with Gasteiger partial charge in [-0.3, -0.25) is 0 Å². The molecule has 0 saturated heterocycles. The Balaban J connectivity index is 0.00000217. The number of benzene rings is 5. The molecule has 0 aliphatic heterocycles. The molecule has 0 atom stereocenters. The summed E-state index contributed by atoms with van der Waals surface area (Å²) >= 11 is 0. The molecule has 0 amide bonds. The molecule has 2 nitrogen and oxygen atoms in total. The number of allylic oxidation sites excluding steroid dienone is 14. The lowest BCUT2D eigenvalue weighted by atomic mass is 9.89. The summed E-state index contributed by atoms with van der Waals surface area (Å²) in [7, 11) is 0. The maximum atomic E-state index is 4.49. The summed E-state index contributed by atoms with van der Waals surface area (Å²) < 4.78 is 4.87. The second kappa shape index (κ2) is 15.6. The minimum Gasteiger partial charge on any atom is -0.313 e. The third kappa shape index (κ3) is 6.18. The number of para-hydroxylation sites is 2. The number of hydrogen-bond donors (Lipinski definition) is 0. The van der Waals surface area contributed by atoms with E-state index < -0.39 is 0 Å². The number of aromatic nitrogens is 2. The van der Waals surface area contributed by atoms with Crippen LogP contribution in [-0.4, -0.2) is 9.13 Å². The molecule has 56 heavy (non-hydrogen) atoms. The monoisotopic (exact) mass is 724 g/mol. The Hall–Kier alpha value is -6.64. The van der Waals surface area contributed by atoms with Crippen LogP contribution in [0.1, 0.15) is 56.0 Å². The van der Waals surface area contributed by atoms with Crippen molar-refractivity contribution >= 4 is 66.4 Å². The van der Waals surface area contributed by atoms with Crippen LogP contribution in [0.15, 0.2) is 189 Å². The SMILES string of the molecule is C=C/C(=C\C=C/C)n1c2c(c3ccccc31)C=C(c1ccc3c4ccccc4n(-c4ccc(/C5=C/C=C\C/C=C\C(=C)C5=C)c5ccccc45)c3c1)CC2.CC. The van der Waals surface area contributed by atoms with Gasteiger partial charge in [0.05, 0.1) is 22.2 Å². The lowest BCUT2D eigenvalue weighted by Crippen LogP contribution is -2.05. The van der Waals surface area contributed by atoms with E-state index in [-0.39, 0.29) is 0 Å². The predicted molar refractivity (Wildman–Crippen MR) is 246 cm³/mol. The van der Waals surface area contributed by atoms with Crippen LogP contribution in [0.3, 0.4) is 0 Å². The molecule has 2 aliphatic carbocycles. The summed E-state index contributed by atoms with van der Waals surface area (Å²) in [5.41, 5.74) is 15.3. The summed E-state index contributed by atoms with van der Waals surface area (Å²) in [6, 6.07) is 38.0. The standard InChI is InChI=1S/C52H42N2.C2H6/c1-5-7-19-39(6-2)53-48-25-16-15-24-45(48)47-33-37(28-31-51(47)53)38-27-29-46-44-23-14-17-26-49(44)54(52(46)34-38)50-32-30-42(41-21-12-13-22-43(41)50)40-20-11-9-8-10-18-35(3)36(40)4;1-2/h5-7,9-27,29-30,32-34H,2-4,8,28,31H2,1H3;1-2H3/b7-5-,11-9-,18-10-,39-19+,40-20+;. The molecule has 0 spiro atoms. The van der Waals surface area contributed by atoms with Gasteiger partial charge in [-0.1, -0.05) is 155 Å². The van der Waals surface area contributed by atoms with Gasteiger partial charge in [0.15, 0.2) is 0 Å². The van der Waals surface area contributed by atoms with E-state index in [4.69, 9.17) is 0 Å². The van der Waals surface area contributed by atoms with E-state index in [0.29, 0.717) is 0 Å². The molecular weight excluding hydrogens is 677 g/mol.